The number of carbonyl (C=O) groups is 2. The number of nitrogens with one attached hydrogen (secondary N) is 2. The normalized spacial score (nSPS) is 11.6. The third kappa shape index (κ3) is 5.13. The second-order valence-corrected chi connectivity index (χ2v) is 6.36. The van der Waals surface area contributed by atoms with E-state index in [0.717, 1.165) is 16.9 Å². The number of nitrogens with two attached hydrogens (primary N) is 1. The lowest BCUT2D eigenvalue weighted by atomic mass is 10.0. The van der Waals surface area contributed by atoms with Crippen molar-refractivity contribution in [3.63, 3.8) is 0 Å². The van der Waals surface area contributed by atoms with E-state index in [-0.39, 0.29) is 11.8 Å². The van der Waals surface area contributed by atoms with Crippen molar-refractivity contribution in [3.05, 3.63) is 42.5 Å². The first-order valence-corrected chi connectivity index (χ1v) is 8.55. The Morgan fingerprint density at radius 3 is 2.19 bits per heavy atom. The van der Waals surface area contributed by atoms with Gasteiger partial charge in [0.05, 0.1) is 14.2 Å². The van der Waals surface area contributed by atoms with E-state index >= 15 is 0 Å². The number of primary amides is 1. The Bertz CT molecular complexity index is 803. The van der Waals surface area contributed by atoms with Crippen LogP contribution in [0.1, 0.15) is 13.8 Å². The van der Waals surface area contributed by atoms with Gasteiger partial charge >= 0.3 is 6.03 Å². The summed E-state index contributed by atoms with van der Waals surface area (Å²) in [7, 11) is 3.20. The minimum absolute atomic E-state index is 0.114. The second kappa shape index (κ2) is 8.93. The quantitative estimate of drug-likeness (QED) is 0.696. The number of rotatable bonds is 7. The van der Waals surface area contributed by atoms with Crippen molar-refractivity contribution in [2.45, 2.75) is 19.9 Å². The van der Waals surface area contributed by atoms with Crippen molar-refractivity contribution in [1.29, 1.82) is 0 Å². The highest BCUT2D eigenvalue weighted by molar-refractivity contribution is 5.97. The smallest absolute Gasteiger partial charge is 0.312 e. The molecule has 7 nitrogen and oxygen atoms in total. The minimum atomic E-state index is -0.738. The van der Waals surface area contributed by atoms with Crippen LogP contribution in [0.25, 0.3) is 11.1 Å². The van der Waals surface area contributed by atoms with Crippen LogP contribution in [0.2, 0.25) is 0 Å². The molecule has 27 heavy (non-hydrogen) atoms. The Labute approximate surface area is 158 Å². The zero-order chi connectivity index (χ0) is 20.0. The average molecular weight is 371 g/mol. The van der Waals surface area contributed by atoms with E-state index in [1.807, 2.05) is 44.2 Å². The number of methoxy groups -OCH3 is 2. The van der Waals surface area contributed by atoms with Gasteiger partial charge in [0.2, 0.25) is 5.91 Å². The lowest BCUT2D eigenvalue weighted by Gasteiger charge is -2.21. The highest BCUT2D eigenvalue weighted by atomic mass is 16.5. The topological polar surface area (TPSA) is 103 Å². The molecule has 144 valence electrons. The first-order valence-electron chi connectivity index (χ1n) is 8.55. The van der Waals surface area contributed by atoms with Crippen LogP contribution in [0.3, 0.4) is 0 Å². The molecule has 0 aliphatic heterocycles. The molecule has 0 radical (unpaired) electrons. The molecule has 0 aliphatic rings. The number of urea groups is 1. The Hall–Kier alpha value is -3.22. The van der Waals surface area contributed by atoms with Crippen molar-refractivity contribution in [2.24, 2.45) is 11.7 Å². The lowest BCUT2D eigenvalue weighted by molar-refractivity contribution is -0.118. The first-order chi connectivity index (χ1) is 12.8. The first kappa shape index (κ1) is 20.1. The van der Waals surface area contributed by atoms with Gasteiger partial charge in [-0.05, 0) is 41.8 Å². The van der Waals surface area contributed by atoms with Crippen LogP contribution in [0.5, 0.6) is 11.5 Å². The molecule has 2 aromatic rings. The second-order valence-electron chi connectivity index (χ2n) is 6.36. The molecule has 3 amide bonds. The molecule has 2 rings (SSSR count). The molecule has 0 heterocycles. The third-order valence-corrected chi connectivity index (χ3v) is 4.11. The maximum absolute atomic E-state index is 12.5. The monoisotopic (exact) mass is 371 g/mol. The van der Waals surface area contributed by atoms with Crippen LogP contribution in [0.4, 0.5) is 10.5 Å². The van der Waals surface area contributed by atoms with E-state index in [1.165, 1.54) is 0 Å². The average Bonchev–Trinajstić information content (AvgIpc) is 2.65. The number of hydrogen-bond donors (Lipinski definition) is 3. The Balaban J connectivity index is 2.30. The van der Waals surface area contributed by atoms with Crippen molar-refractivity contribution in [3.8, 4) is 22.6 Å². The number of ether oxygens (including phenoxy) is 2. The van der Waals surface area contributed by atoms with Crippen molar-refractivity contribution >= 4 is 17.6 Å². The van der Waals surface area contributed by atoms with Gasteiger partial charge in [0.15, 0.2) is 0 Å². The fourth-order valence-electron chi connectivity index (χ4n) is 2.69. The van der Waals surface area contributed by atoms with Gasteiger partial charge in [-0.25, -0.2) is 4.79 Å². The summed E-state index contributed by atoms with van der Waals surface area (Å²) in [6.07, 6.45) is 0. The van der Waals surface area contributed by atoms with Gasteiger partial charge in [0, 0.05) is 11.3 Å². The molecule has 0 bridgehead atoms. The molecular formula is C20H25N3O4. The number of amides is 3. The molecule has 0 fully saturated rings. The van der Waals surface area contributed by atoms with Gasteiger partial charge in [-0.2, -0.15) is 0 Å². The van der Waals surface area contributed by atoms with Crippen LogP contribution in [0, 0.1) is 5.92 Å². The fraction of sp³-hybridized carbons (Fsp3) is 0.300. The Morgan fingerprint density at radius 2 is 1.67 bits per heavy atom. The van der Waals surface area contributed by atoms with E-state index < -0.39 is 12.1 Å². The van der Waals surface area contributed by atoms with Crippen LogP contribution in [-0.2, 0) is 4.79 Å². The van der Waals surface area contributed by atoms with Crippen LogP contribution in [-0.4, -0.2) is 32.2 Å². The lowest BCUT2D eigenvalue weighted by Crippen LogP contribution is -2.49. The maximum atomic E-state index is 12.5. The predicted molar refractivity (Wildman–Crippen MR) is 105 cm³/mol. The molecule has 0 spiro atoms. The van der Waals surface area contributed by atoms with Crippen molar-refractivity contribution in [2.75, 3.05) is 19.5 Å². The molecule has 0 unspecified atom stereocenters. The van der Waals surface area contributed by atoms with Crippen LogP contribution in [0.15, 0.2) is 42.5 Å². The van der Waals surface area contributed by atoms with Crippen LogP contribution < -0.4 is 25.8 Å². The number of hydrogen-bond acceptors (Lipinski definition) is 4. The molecule has 0 saturated heterocycles. The zero-order valence-electron chi connectivity index (χ0n) is 15.9. The molecule has 4 N–H and O–H groups in total. The van der Waals surface area contributed by atoms with Crippen molar-refractivity contribution < 1.29 is 19.1 Å². The summed E-state index contributed by atoms with van der Waals surface area (Å²) in [6.45, 7) is 3.66. The van der Waals surface area contributed by atoms with Gasteiger partial charge in [0.25, 0.3) is 0 Å². The van der Waals surface area contributed by atoms with Gasteiger partial charge in [-0.15, -0.1) is 0 Å². The Morgan fingerprint density at radius 1 is 1.00 bits per heavy atom. The summed E-state index contributed by atoms with van der Waals surface area (Å²) in [6, 6.07) is 11.4. The van der Waals surface area contributed by atoms with E-state index in [0.29, 0.717) is 11.4 Å². The number of benzene rings is 2. The summed E-state index contributed by atoms with van der Waals surface area (Å²) < 4.78 is 10.6. The van der Waals surface area contributed by atoms with Gasteiger partial charge < -0.3 is 25.8 Å². The van der Waals surface area contributed by atoms with Gasteiger partial charge in [-0.3, -0.25) is 4.79 Å². The van der Waals surface area contributed by atoms with Crippen LogP contribution >= 0.6 is 0 Å². The molecule has 0 saturated carbocycles. The third-order valence-electron chi connectivity index (χ3n) is 4.11. The van der Waals surface area contributed by atoms with E-state index in [4.69, 9.17) is 15.2 Å². The summed E-state index contributed by atoms with van der Waals surface area (Å²) in [5.74, 6) is 0.972. The highest BCUT2D eigenvalue weighted by Gasteiger charge is 2.23. The molecule has 1 atom stereocenters. The van der Waals surface area contributed by atoms with E-state index in [2.05, 4.69) is 10.6 Å². The standard InChI is InChI=1S/C20H25N3O4/c1-12(2)18(23-20(21)25)19(24)22-14-7-10-17(27-4)16(11-14)13-5-8-15(26-3)9-6-13/h5-12,18H,1-4H3,(H,22,24)(H3,21,23,25)/t18-/m0/s1. The minimum Gasteiger partial charge on any atom is -0.497 e. The summed E-state index contributed by atoms with van der Waals surface area (Å²) >= 11 is 0. The summed E-state index contributed by atoms with van der Waals surface area (Å²) in [5.41, 5.74) is 7.49. The van der Waals surface area contributed by atoms with E-state index in [9.17, 15) is 9.59 Å². The fourth-order valence-corrected chi connectivity index (χ4v) is 2.69. The number of carbonyl (C=O) groups excluding carboxylic acids is 2. The van der Waals surface area contributed by atoms with Gasteiger partial charge in [0.1, 0.15) is 17.5 Å². The molecule has 2 aromatic carbocycles. The Kier molecular flexibility index (Phi) is 6.65. The SMILES string of the molecule is COc1ccc(-c2cc(NC(=O)[C@@H](NC(N)=O)C(C)C)ccc2OC)cc1. The highest BCUT2D eigenvalue weighted by Crippen LogP contribution is 2.33. The molecule has 0 aliphatic carbocycles. The summed E-state index contributed by atoms with van der Waals surface area (Å²) in [5, 5.41) is 5.29. The largest absolute Gasteiger partial charge is 0.497 e. The maximum Gasteiger partial charge on any atom is 0.312 e. The van der Waals surface area contributed by atoms with E-state index in [1.54, 1.807) is 26.4 Å². The summed E-state index contributed by atoms with van der Waals surface area (Å²) in [4.78, 5) is 23.7. The molecule has 0 aromatic heterocycles. The number of anilines is 1. The molecule has 7 heteroatoms. The predicted octanol–water partition coefficient (Wildman–Crippen LogP) is 3.00. The zero-order valence-corrected chi connectivity index (χ0v) is 15.9. The van der Waals surface area contributed by atoms with Crippen molar-refractivity contribution in [1.82, 2.24) is 5.32 Å². The van der Waals surface area contributed by atoms with Gasteiger partial charge in [-0.1, -0.05) is 26.0 Å². The molecular weight excluding hydrogens is 346 g/mol.